The fraction of sp³-hybridized carbons (Fsp3) is 1.00. The summed E-state index contributed by atoms with van der Waals surface area (Å²) in [5.41, 5.74) is 5.68. The summed E-state index contributed by atoms with van der Waals surface area (Å²) in [7, 11) is 0. The van der Waals surface area contributed by atoms with E-state index in [0.717, 1.165) is 25.7 Å². The molecule has 0 aliphatic heterocycles. The number of nitrogens with zero attached hydrogens (tertiary/aromatic N) is 1. The average Bonchev–Trinajstić information content (AvgIpc) is 3.05. The van der Waals surface area contributed by atoms with E-state index in [2.05, 4.69) is 0 Å². The lowest BCUT2D eigenvalue weighted by Gasteiger charge is -2.36. The van der Waals surface area contributed by atoms with Gasteiger partial charge in [-0.2, -0.15) is 13.2 Å². The van der Waals surface area contributed by atoms with Gasteiger partial charge in [-0.15, -0.1) is 0 Å². The number of unbranched alkanes of at least 4 members (excludes halogenated alkanes) is 1. The zero-order chi connectivity index (χ0) is 13.1. The van der Waals surface area contributed by atoms with Crippen molar-refractivity contribution in [3.63, 3.8) is 0 Å². The molecule has 1 aliphatic carbocycles. The van der Waals surface area contributed by atoms with Crippen LogP contribution in [0.25, 0.3) is 0 Å². The molecule has 0 radical (unpaired) electrons. The Labute approximate surface area is 101 Å². The number of alkyl halides is 3. The highest BCUT2D eigenvalue weighted by molar-refractivity contribution is 4.95. The second-order valence-corrected chi connectivity index (χ2v) is 4.88. The minimum Gasteiger partial charge on any atom is -0.326 e. The Hall–Kier alpha value is -0.290. The summed E-state index contributed by atoms with van der Waals surface area (Å²) in [4.78, 5) is 1.59. The summed E-state index contributed by atoms with van der Waals surface area (Å²) >= 11 is 0. The van der Waals surface area contributed by atoms with Gasteiger partial charge < -0.3 is 5.73 Å². The van der Waals surface area contributed by atoms with E-state index in [1.165, 1.54) is 0 Å². The van der Waals surface area contributed by atoms with Crippen LogP contribution in [0.2, 0.25) is 0 Å². The molecule has 1 fully saturated rings. The van der Waals surface area contributed by atoms with Crippen LogP contribution in [-0.2, 0) is 0 Å². The van der Waals surface area contributed by atoms with Gasteiger partial charge in [0.1, 0.15) is 6.04 Å². The Balaban J connectivity index is 2.76. The second-order valence-electron chi connectivity index (χ2n) is 4.88. The van der Waals surface area contributed by atoms with Gasteiger partial charge in [-0.3, -0.25) is 4.90 Å². The maximum absolute atomic E-state index is 13.1. The SMILES string of the molecule is CCCCN(C1CC1)C(C(N)CC)C(F)(F)F. The van der Waals surface area contributed by atoms with Gasteiger partial charge in [-0.25, -0.2) is 0 Å². The molecule has 0 aromatic rings. The van der Waals surface area contributed by atoms with Crippen LogP contribution in [0.5, 0.6) is 0 Å². The molecule has 1 saturated carbocycles. The molecule has 0 aromatic carbocycles. The van der Waals surface area contributed by atoms with Crippen molar-refractivity contribution in [2.24, 2.45) is 5.73 Å². The predicted molar refractivity (Wildman–Crippen MR) is 62.7 cm³/mol. The smallest absolute Gasteiger partial charge is 0.326 e. The topological polar surface area (TPSA) is 29.3 Å². The van der Waals surface area contributed by atoms with Crippen molar-refractivity contribution >= 4 is 0 Å². The van der Waals surface area contributed by atoms with E-state index in [1.807, 2.05) is 6.92 Å². The molecule has 0 bridgehead atoms. The molecule has 2 unspecified atom stereocenters. The molecule has 0 saturated heterocycles. The van der Waals surface area contributed by atoms with Crippen molar-refractivity contribution in [1.82, 2.24) is 4.90 Å². The predicted octanol–water partition coefficient (Wildman–Crippen LogP) is 2.92. The highest BCUT2D eigenvalue weighted by Gasteiger charge is 2.50. The number of hydrogen-bond donors (Lipinski definition) is 1. The molecule has 2 nitrogen and oxygen atoms in total. The van der Waals surface area contributed by atoms with Crippen molar-refractivity contribution in [2.45, 2.75) is 70.3 Å². The first-order valence-corrected chi connectivity index (χ1v) is 6.49. The van der Waals surface area contributed by atoms with Gasteiger partial charge in [0.15, 0.2) is 0 Å². The molecule has 1 rings (SSSR count). The van der Waals surface area contributed by atoms with Crippen LogP contribution < -0.4 is 5.73 Å². The highest BCUT2D eigenvalue weighted by atomic mass is 19.4. The Morgan fingerprint density at radius 2 is 1.88 bits per heavy atom. The molecule has 0 spiro atoms. The summed E-state index contributed by atoms with van der Waals surface area (Å²) in [6, 6.07) is -2.18. The number of nitrogens with two attached hydrogens (primary N) is 1. The van der Waals surface area contributed by atoms with E-state index in [9.17, 15) is 13.2 Å². The van der Waals surface area contributed by atoms with Crippen LogP contribution in [0.1, 0.15) is 46.0 Å². The molecule has 2 N–H and O–H groups in total. The van der Waals surface area contributed by atoms with Crippen molar-refractivity contribution in [2.75, 3.05) is 6.54 Å². The Morgan fingerprint density at radius 1 is 1.29 bits per heavy atom. The van der Waals surface area contributed by atoms with Crippen LogP contribution in [0.15, 0.2) is 0 Å². The van der Waals surface area contributed by atoms with Crippen LogP contribution >= 0.6 is 0 Å². The molecule has 2 atom stereocenters. The van der Waals surface area contributed by atoms with Crippen LogP contribution in [0.4, 0.5) is 13.2 Å². The van der Waals surface area contributed by atoms with Gasteiger partial charge in [-0.05, 0) is 32.2 Å². The molecule has 1 aliphatic rings. The van der Waals surface area contributed by atoms with Crippen molar-refractivity contribution in [1.29, 1.82) is 0 Å². The molecule has 0 aromatic heterocycles. The van der Waals surface area contributed by atoms with Crippen LogP contribution in [0.3, 0.4) is 0 Å². The van der Waals surface area contributed by atoms with Gasteiger partial charge in [0, 0.05) is 12.1 Å². The van der Waals surface area contributed by atoms with Gasteiger partial charge in [-0.1, -0.05) is 20.3 Å². The average molecular weight is 252 g/mol. The maximum atomic E-state index is 13.1. The van der Waals surface area contributed by atoms with E-state index in [-0.39, 0.29) is 6.04 Å². The third kappa shape index (κ3) is 4.14. The molecular formula is C12H23F3N2. The molecule has 5 heteroatoms. The Kier molecular flexibility index (Phi) is 5.25. The fourth-order valence-electron chi connectivity index (χ4n) is 2.20. The monoisotopic (exact) mass is 252 g/mol. The minimum absolute atomic E-state index is 0.103. The first-order chi connectivity index (χ1) is 7.91. The molecule has 17 heavy (non-hydrogen) atoms. The number of hydrogen-bond acceptors (Lipinski definition) is 2. The summed E-state index contributed by atoms with van der Waals surface area (Å²) < 4.78 is 39.3. The summed E-state index contributed by atoms with van der Waals surface area (Å²) in [5.74, 6) is 0. The molecule has 0 heterocycles. The lowest BCUT2D eigenvalue weighted by Crippen LogP contribution is -2.56. The van der Waals surface area contributed by atoms with E-state index in [0.29, 0.717) is 13.0 Å². The standard InChI is InChI=1S/C12H23F3N2/c1-3-5-8-17(9-6-7-9)11(10(16)4-2)12(13,14)15/h9-11H,3-8,16H2,1-2H3. The van der Waals surface area contributed by atoms with E-state index in [1.54, 1.807) is 11.8 Å². The normalized spacial score (nSPS) is 20.6. The van der Waals surface area contributed by atoms with E-state index < -0.39 is 18.3 Å². The first kappa shape index (κ1) is 14.8. The quantitative estimate of drug-likeness (QED) is 0.755. The van der Waals surface area contributed by atoms with Crippen molar-refractivity contribution in [3.8, 4) is 0 Å². The molecule has 0 amide bonds. The largest absolute Gasteiger partial charge is 0.405 e. The summed E-state index contributed by atoms with van der Waals surface area (Å²) in [5, 5.41) is 0. The van der Waals surface area contributed by atoms with Gasteiger partial charge >= 0.3 is 6.18 Å². The Bertz CT molecular complexity index is 226. The summed E-state index contributed by atoms with van der Waals surface area (Å²) in [6.45, 7) is 4.22. The van der Waals surface area contributed by atoms with Crippen molar-refractivity contribution in [3.05, 3.63) is 0 Å². The summed E-state index contributed by atoms with van der Waals surface area (Å²) in [6.07, 6.45) is -0.376. The zero-order valence-electron chi connectivity index (χ0n) is 10.6. The van der Waals surface area contributed by atoms with Gasteiger partial charge in [0.05, 0.1) is 0 Å². The third-order valence-corrected chi connectivity index (χ3v) is 3.36. The number of halogens is 3. The third-order valence-electron chi connectivity index (χ3n) is 3.36. The second kappa shape index (κ2) is 6.05. The fourth-order valence-corrected chi connectivity index (χ4v) is 2.20. The van der Waals surface area contributed by atoms with E-state index >= 15 is 0 Å². The van der Waals surface area contributed by atoms with Gasteiger partial charge in [0.25, 0.3) is 0 Å². The van der Waals surface area contributed by atoms with Crippen molar-refractivity contribution < 1.29 is 13.2 Å². The van der Waals surface area contributed by atoms with Crippen LogP contribution in [0, 0.1) is 0 Å². The molecular weight excluding hydrogens is 229 g/mol. The molecule has 102 valence electrons. The lowest BCUT2D eigenvalue weighted by molar-refractivity contribution is -0.191. The van der Waals surface area contributed by atoms with Crippen LogP contribution in [-0.4, -0.2) is 35.7 Å². The highest BCUT2D eigenvalue weighted by Crippen LogP contribution is 2.36. The first-order valence-electron chi connectivity index (χ1n) is 6.49. The maximum Gasteiger partial charge on any atom is 0.405 e. The van der Waals surface area contributed by atoms with E-state index in [4.69, 9.17) is 5.73 Å². The number of rotatable bonds is 7. The minimum atomic E-state index is -4.22. The van der Waals surface area contributed by atoms with Gasteiger partial charge in [0.2, 0.25) is 0 Å². The Morgan fingerprint density at radius 3 is 2.24 bits per heavy atom. The lowest BCUT2D eigenvalue weighted by atomic mass is 10.0. The zero-order valence-corrected chi connectivity index (χ0v) is 10.6.